The zero-order valence-electron chi connectivity index (χ0n) is 11.2. The highest BCUT2D eigenvalue weighted by Crippen LogP contribution is 2.12. The molecule has 1 amide bonds. The lowest BCUT2D eigenvalue weighted by atomic mass is 10.0. The van der Waals surface area contributed by atoms with Crippen molar-refractivity contribution in [3.05, 3.63) is 34.9 Å². The van der Waals surface area contributed by atoms with Crippen molar-refractivity contribution in [1.29, 1.82) is 0 Å². The third kappa shape index (κ3) is 3.57. The Labute approximate surface area is 109 Å². The fraction of sp³-hybridized carbons (Fsp3) is 0.533. The van der Waals surface area contributed by atoms with Gasteiger partial charge >= 0.3 is 0 Å². The molecule has 18 heavy (non-hydrogen) atoms. The molecule has 0 radical (unpaired) electrons. The van der Waals surface area contributed by atoms with Gasteiger partial charge in [0, 0.05) is 13.2 Å². The molecule has 0 saturated carbocycles. The van der Waals surface area contributed by atoms with E-state index in [1.807, 2.05) is 13.8 Å². The molecule has 3 heteroatoms. The predicted octanol–water partition coefficient (Wildman–Crippen LogP) is 2.14. The third-order valence-electron chi connectivity index (χ3n) is 3.41. The van der Waals surface area contributed by atoms with Crippen molar-refractivity contribution in [3.63, 3.8) is 0 Å². The molecule has 0 bridgehead atoms. The van der Waals surface area contributed by atoms with E-state index in [0.717, 1.165) is 25.0 Å². The van der Waals surface area contributed by atoms with Crippen molar-refractivity contribution in [2.75, 3.05) is 13.2 Å². The van der Waals surface area contributed by atoms with Gasteiger partial charge in [0.15, 0.2) is 0 Å². The van der Waals surface area contributed by atoms with E-state index in [0.29, 0.717) is 13.0 Å². The average molecular weight is 247 g/mol. The van der Waals surface area contributed by atoms with Crippen LogP contribution in [0.3, 0.4) is 0 Å². The Hall–Kier alpha value is -1.35. The van der Waals surface area contributed by atoms with Gasteiger partial charge in [0.25, 0.3) is 0 Å². The van der Waals surface area contributed by atoms with Crippen LogP contribution in [0.25, 0.3) is 0 Å². The van der Waals surface area contributed by atoms with E-state index in [1.165, 1.54) is 11.1 Å². The number of benzene rings is 1. The molecule has 0 aliphatic carbocycles. The Morgan fingerprint density at radius 2 is 2.28 bits per heavy atom. The van der Waals surface area contributed by atoms with E-state index in [4.69, 9.17) is 4.74 Å². The molecule has 3 nitrogen and oxygen atoms in total. The van der Waals surface area contributed by atoms with Crippen LogP contribution >= 0.6 is 0 Å². The van der Waals surface area contributed by atoms with Gasteiger partial charge in [0.1, 0.15) is 0 Å². The van der Waals surface area contributed by atoms with Crippen molar-refractivity contribution < 1.29 is 9.53 Å². The largest absolute Gasteiger partial charge is 0.376 e. The minimum atomic E-state index is 0.0826. The topological polar surface area (TPSA) is 38.3 Å². The van der Waals surface area contributed by atoms with Gasteiger partial charge in [-0.3, -0.25) is 4.79 Å². The Bertz CT molecular complexity index is 423. The van der Waals surface area contributed by atoms with E-state index in [1.54, 1.807) is 0 Å². The summed E-state index contributed by atoms with van der Waals surface area (Å²) in [5.41, 5.74) is 3.48. The molecule has 1 heterocycles. The van der Waals surface area contributed by atoms with Gasteiger partial charge < -0.3 is 10.1 Å². The second-order valence-corrected chi connectivity index (χ2v) is 5.05. The number of carbonyl (C=O) groups is 1. The number of nitrogens with one attached hydrogen (secondary N) is 1. The van der Waals surface area contributed by atoms with Crippen LogP contribution in [0.4, 0.5) is 0 Å². The van der Waals surface area contributed by atoms with Crippen LogP contribution in [0.2, 0.25) is 0 Å². The second kappa shape index (κ2) is 6.01. The molecular formula is C15H21NO2. The molecule has 1 aliphatic rings. The summed E-state index contributed by atoms with van der Waals surface area (Å²) in [6, 6.07) is 6.22. The molecule has 1 aliphatic heterocycles. The van der Waals surface area contributed by atoms with E-state index in [9.17, 15) is 4.79 Å². The first-order valence-corrected chi connectivity index (χ1v) is 6.59. The Balaban J connectivity index is 1.84. The van der Waals surface area contributed by atoms with Gasteiger partial charge in [0.05, 0.1) is 12.5 Å². The van der Waals surface area contributed by atoms with Crippen molar-refractivity contribution in [1.82, 2.24) is 5.32 Å². The van der Waals surface area contributed by atoms with E-state index in [-0.39, 0.29) is 12.0 Å². The normalized spacial score (nSPS) is 18.9. The van der Waals surface area contributed by atoms with Crippen molar-refractivity contribution in [2.24, 2.45) is 0 Å². The summed E-state index contributed by atoms with van der Waals surface area (Å²) in [4.78, 5) is 11.9. The first kappa shape index (κ1) is 13.1. The molecule has 1 saturated heterocycles. The Kier molecular flexibility index (Phi) is 4.37. The van der Waals surface area contributed by atoms with Crippen LogP contribution in [0, 0.1) is 13.8 Å². The first-order chi connectivity index (χ1) is 8.65. The summed E-state index contributed by atoms with van der Waals surface area (Å²) in [5.74, 6) is 0.0826. The third-order valence-corrected chi connectivity index (χ3v) is 3.41. The average Bonchev–Trinajstić information content (AvgIpc) is 2.84. The molecule has 1 aromatic carbocycles. The van der Waals surface area contributed by atoms with Crippen LogP contribution in [0.15, 0.2) is 18.2 Å². The standard InChI is InChI=1S/C15H21NO2/c1-11-5-6-12(2)13(8-11)9-15(17)16-10-14-4-3-7-18-14/h5-6,8,14H,3-4,7,9-10H2,1-2H3,(H,16,17). The van der Waals surface area contributed by atoms with Crippen molar-refractivity contribution in [2.45, 2.75) is 39.2 Å². The van der Waals surface area contributed by atoms with E-state index in [2.05, 4.69) is 23.5 Å². The van der Waals surface area contributed by atoms with Gasteiger partial charge in [-0.2, -0.15) is 0 Å². The van der Waals surface area contributed by atoms with E-state index < -0.39 is 0 Å². The fourth-order valence-corrected chi connectivity index (χ4v) is 2.26. The van der Waals surface area contributed by atoms with Crippen LogP contribution < -0.4 is 5.32 Å². The first-order valence-electron chi connectivity index (χ1n) is 6.59. The van der Waals surface area contributed by atoms with Crippen LogP contribution in [-0.4, -0.2) is 25.2 Å². The molecule has 1 atom stereocenters. The highest BCUT2D eigenvalue weighted by atomic mass is 16.5. The molecular weight excluding hydrogens is 226 g/mol. The maximum absolute atomic E-state index is 11.9. The summed E-state index contributed by atoms with van der Waals surface area (Å²) >= 11 is 0. The molecule has 2 rings (SSSR count). The molecule has 1 N–H and O–H groups in total. The lowest BCUT2D eigenvalue weighted by Crippen LogP contribution is -2.32. The van der Waals surface area contributed by atoms with Crippen molar-refractivity contribution in [3.8, 4) is 0 Å². The van der Waals surface area contributed by atoms with Crippen molar-refractivity contribution >= 4 is 5.91 Å². The number of hydrogen-bond acceptors (Lipinski definition) is 2. The number of aryl methyl sites for hydroxylation is 2. The summed E-state index contributed by atoms with van der Waals surface area (Å²) < 4.78 is 5.48. The van der Waals surface area contributed by atoms with Gasteiger partial charge in [-0.05, 0) is 37.8 Å². The van der Waals surface area contributed by atoms with Crippen LogP contribution in [0.1, 0.15) is 29.5 Å². The van der Waals surface area contributed by atoms with Crippen LogP contribution in [-0.2, 0) is 16.0 Å². The van der Waals surface area contributed by atoms with Crippen LogP contribution in [0.5, 0.6) is 0 Å². The highest BCUT2D eigenvalue weighted by Gasteiger charge is 2.16. The number of ether oxygens (including phenoxy) is 1. The lowest BCUT2D eigenvalue weighted by Gasteiger charge is -2.12. The second-order valence-electron chi connectivity index (χ2n) is 5.05. The number of amides is 1. The Morgan fingerprint density at radius 3 is 3.00 bits per heavy atom. The highest BCUT2D eigenvalue weighted by molar-refractivity contribution is 5.79. The maximum Gasteiger partial charge on any atom is 0.224 e. The molecule has 98 valence electrons. The minimum absolute atomic E-state index is 0.0826. The summed E-state index contributed by atoms with van der Waals surface area (Å²) in [5, 5.41) is 2.96. The molecule has 0 aromatic heterocycles. The SMILES string of the molecule is Cc1ccc(C)c(CC(=O)NCC2CCCO2)c1. The number of carbonyl (C=O) groups excluding carboxylic acids is 1. The van der Waals surface area contributed by atoms with E-state index >= 15 is 0 Å². The predicted molar refractivity (Wildman–Crippen MR) is 71.6 cm³/mol. The molecule has 1 fully saturated rings. The zero-order valence-corrected chi connectivity index (χ0v) is 11.2. The summed E-state index contributed by atoms with van der Waals surface area (Å²) in [6.07, 6.45) is 2.84. The summed E-state index contributed by atoms with van der Waals surface area (Å²) in [7, 11) is 0. The fourth-order valence-electron chi connectivity index (χ4n) is 2.26. The number of hydrogen-bond donors (Lipinski definition) is 1. The van der Waals surface area contributed by atoms with Gasteiger partial charge in [-0.25, -0.2) is 0 Å². The molecule has 1 unspecified atom stereocenters. The summed E-state index contributed by atoms with van der Waals surface area (Å²) in [6.45, 7) is 5.57. The van der Waals surface area contributed by atoms with Gasteiger partial charge in [-0.15, -0.1) is 0 Å². The monoisotopic (exact) mass is 247 g/mol. The minimum Gasteiger partial charge on any atom is -0.376 e. The maximum atomic E-state index is 11.9. The molecule has 1 aromatic rings. The smallest absolute Gasteiger partial charge is 0.224 e. The number of rotatable bonds is 4. The quantitative estimate of drug-likeness (QED) is 0.885. The lowest BCUT2D eigenvalue weighted by molar-refractivity contribution is -0.120. The van der Waals surface area contributed by atoms with Gasteiger partial charge in [0.2, 0.25) is 5.91 Å². The zero-order chi connectivity index (χ0) is 13.0. The molecule has 0 spiro atoms. The Morgan fingerprint density at radius 1 is 1.44 bits per heavy atom. The van der Waals surface area contributed by atoms with Gasteiger partial charge in [-0.1, -0.05) is 23.8 Å².